The van der Waals surface area contributed by atoms with Gasteiger partial charge in [-0.1, -0.05) is 6.07 Å². The van der Waals surface area contributed by atoms with Gasteiger partial charge in [0.25, 0.3) is 0 Å². The SMILES string of the molecule is COc1ccc(CNS(C)(=O)=O)cc1NC(=O)CCl. The molecule has 106 valence electrons. The molecule has 1 amide bonds. The molecule has 8 heteroatoms. The number of benzene rings is 1. The van der Waals surface area contributed by atoms with Gasteiger partial charge in [0.15, 0.2) is 0 Å². The van der Waals surface area contributed by atoms with Crippen molar-refractivity contribution in [3.05, 3.63) is 23.8 Å². The van der Waals surface area contributed by atoms with E-state index in [2.05, 4.69) is 10.0 Å². The van der Waals surface area contributed by atoms with E-state index in [4.69, 9.17) is 16.3 Å². The summed E-state index contributed by atoms with van der Waals surface area (Å²) in [5.41, 5.74) is 1.14. The second kappa shape index (κ2) is 6.74. The molecule has 0 saturated carbocycles. The highest BCUT2D eigenvalue weighted by Gasteiger charge is 2.09. The maximum Gasteiger partial charge on any atom is 0.239 e. The van der Waals surface area contributed by atoms with Crippen molar-refractivity contribution in [3.8, 4) is 5.75 Å². The molecule has 0 bridgehead atoms. The first-order chi connectivity index (χ1) is 8.85. The molecule has 0 aliphatic rings. The van der Waals surface area contributed by atoms with Crippen LogP contribution < -0.4 is 14.8 Å². The number of halogens is 1. The second-order valence-electron chi connectivity index (χ2n) is 3.81. The molecule has 0 aromatic heterocycles. The zero-order valence-corrected chi connectivity index (χ0v) is 12.1. The van der Waals surface area contributed by atoms with Gasteiger partial charge in [0.1, 0.15) is 11.6 Å². The number of hydrogen-bond acceptors (Lipinski definition) is 4. The van der Waals surface area contributed by atoms with Crippen molar-refractivity contribution in [1.29, 1.82) is 0 Å². The summed E-state index contributed by atoms with van der Waals surface area (Å²) in [4.78, 5) is 11.3. The smallest absolute Gasteiger partial charge is 0.239 e. The number of methoxy groups -OCH3 is 1. The zero-order valence-electron chi connectivity index (χ0n) is 10.6. The molecule has 0 unspecified atom stereocenters. The predicted octanol–water partition coefficient (Wildman–Crippen LogP) is 0.922. The molecule has 1 aromatic carbocycles. The first-order valence-electron chi connectivity index (χ1n) is 5.33. The normalized spacial score (nSPS) is 11.1. The number of anilines is 1. The summed E-state index contributed by atoms with van der Waals surface area (Å²) in [7, 11) is -1.80. The van der Waals surface area contributed by atoms with Crippen LogP contribution in [-0.4, -0.2) is 33.6 Å². The van der Waals surface area contributed by atoms with Crippen LogP contribution in [0.1, 0.15) is 5.56 Å². The Labute approximate surface area is 117 Å². The van der Waals surface area contributed by atoms with Crippen LogP contribution in [0.2, 0.25) is 0 Å². The molecule has 19 heavy (non-hydrogen) atoms. The molecular weight excluding hydrogens is 292 g/mol. The van der Waals surface area contributed by atoms with Gasteiger partial charge < -0.3 is 10.1 Å². The number of rotatable bonds is 6. The van der Waals surface area contributed by atoms with Crippen molar-refractivity contribution in [3.63, 3.8) is 0 Å². The first-order valence-corrected chi connectivity index (χ1v) is 7.75. The molecule has 2 N–H and O–H groups in total. The lowest BCUT2D eigenvalue weighted by atomic mass is 10.2. The minimum Gasteiger partial charge on any atom is -0.495 e. The van der Waals surface area contributed by atoms with Gasteiger partial charge in [0, 0.05) is 6.54 Å². The van der Waals surface area contributed by atoms with Crippen LogP contribution in [0.5, 0.6) is 5.75 Å². The Bertz CT molecular complexity index is 560. The fraction of sp³-hybridized carbons (Fsp3) is 0.364. The Kier molecular flexibility index (Phi) is 5.59. The highest BCUT2D eigenvalue weighted by molar-refractivity contribution is 7.88. The largest absolute Gasteiger partial charge is 0.495 e. The Morgan fingerprint density at radius 1 is 1.42 bits per heavy atom. The van der Waals surface area contributed by atoms with Gasteiger partial charge in [-0.05, 0) is 17.7 Å². The van der Waals surface area contributed by atoms with Crippen molar-refractivity contribution < 1.29 is 17.9 Å². The van der Waals surface area contributed by atoms with E-state index in [9.17, 15) is 13.2 Å². The third kappa shape index (κ3) is 5.46. The van der Waals surface area contributed by atoms with E-state index in [0.717, 1.165) is 6.26 Å². The lowest BCUT2D eigenvalue weighted by Gasteiger charge is -2.11. The molecule has 0 radical (unpaired) electrons. The van der Waals surface area contributed by atoms with E-state index in [1.54, 1.807) is 18.2 Å². The van der Waals surface area contributed by atoms with Gasteiger partial charge in [-0.15, -0.1) is 11.6 Å². The number of carbonyl (C=O) groups is 1. The fourth-order valence-electron chi connectivity index (χ4n) is 1.36. The molecule has 0 saturated heterocycles. The molecule has 0 spiro atoms. The monoisotopic (exact) mass is 306 g/mol. The van der Waals surface area contributed by atoms with Gasteiger partial charge >= 0.3 is 0 Å². The molecule has 0 aliphatic heterocycles. The van der Waals surface area contributed by atoms with E-state index < -0.39 is 10.0 Å². The number of carbonyl (C=O) groups excluding carboxylic acids is 1. The topological polar surface area (TPSA) is 84.5 Å². The fourth-order valence-corrected chi connectivity index (χ4v) is 1.86. The molecule has 6 nitrogen and oxygen atoms in total. The third-order valence-electron chi connectivity index (χ3n) is 2.20. The number of nitrogens with one attached hydrogen (secondary N) is 2. The molecule has 0 aliphatic carbocycles. The molecule has 0 heterocycles. The van der Waals surface area contributed by atoms with Crippen LogP contribution >= 0.6 is 11.6 Å². The summed E-state index contributed by atoms with van der Waals surface area (Å²) in [5, 5.41) is 2.58. The summed E-state index contributed by atoms with van der Waals surface area (Å²) in [6.07, 6.45) is 1.08. The van der Waals surface area contributed by atoms with Crippen molar-refractivity contribution in [2.75, 3.05) is 24.6 Å². The van der Waals surface area contributed by atoms with Gasteiger partial charge in [-0.2, -0.15) is 0 Å². The number of alkyl halides is 1. The van der Waals surface area contributed by atoms with Crippen LogP contribution in [0.25, 0.3) is 0 Å². The second-order valence-corrected chi connectivity index (χ2v) is 5.91. The van der Waals surface area contributed by atoms with Crippen LogP contribution in [0, 0.1) is 0 Å². The van der Waals surface area contributed by atoms with Crippen molar-refractivity contribution in [2.45, 2.75) is 6.54 Å². The van der Waals surface area contributed by atoms with E-state index in [1.165, 1.54) is 7.11 Å². The van der Waals surface area contributed by atoms with E-state index in [1.807, 2.05) is 0 Å². The Morgan fingerprint density at radius 2 is 2.11 bits per heavy atom. The Morgan fingerprint density at radius 3 is 2.63 bits per heavy atom. The highest BCUT2D eigenvalue weighted by atomic mass is 35.5. The lowest BCUT2D eigenvalue weighted by molar-refractivity contribution is -0.113. The first kappa shape index (κ1) is 15.7. The summed E-state index contributed by atoms with van der Waals surface area (Å²) in [5.74, 6) is -0.0654. The van der Waals surface area contributed by atoms with E-state index in [0.29, 0.717) is 17.0 Å². The molecule has 0 atom stereocenters. The predicted molar refractivity (Wildman–Crippen MR) is 74.0 cm³/mol. The van der Waals surface area contributed by atoms with Crippen LogP contribution in [0.3, 0.4) is 0 Å². The average Bonchev–Trinajstić information content (AvgIpc) is 2.35. The quantitative estimate of drug-likeness (QED) is 0.766. The molecule has 0 fully saturated rings. The third-order valence-corrected chi connectivity index (χ3v) is 3.11. The van der Waals surface area contributed by atoms with Crippen molar-refractivity contribution >= 4 is 33.2 Å². The summed E-state index contributed by atoms with van der Waals surface area (Å²) >= 11 is 5.41. The zero-order chi connectivity index (χ0) is 14.5. The van der Waals surface area contributed by atoms with Crippen LogP contribution in [-0.2, 0) is 21.4 Å². The van der Waals surface area contributed by atoms with Crippen molar-refractivity contribution in [2.24, 2.45) is 0 Å². The van der Waals surface area contributed by atoms with Crippen molar-refractivity contribution in [1.82, 2.24) is 4.72 Å². The molecular formula is C11H15ClN2O4S. The van der Waals surface area contributed by atoms with E-state index >= 15 is 0 Å². The number of hydrogen-bond donors (Lipinski definition) is 2. The molecule has 1 rings (SSSR count). The maximum absolute atomic E-state index is 11.3. The average molecular weight is 307 g/mol. The van der Waals surface area contributed by atoms with Gasteiger partial charge in [-0.3, -0.25) is 4.79 Å². The Hall–Kier alpha value is -1.31. The van der Waals surface area contributed by atoms with Gasteiger partial charge in [0.2, 0.25) is 15.9 Å². The summed E-state index contributed by atoms with van der Waals surface area (Å²) in [6.45, 7) is 0.132. The number of ether oxygens (including phenoxy) is 1. The highest BCUT2D eigenvalue weighted by Crippen LogP contribution is 2.25. The van der Waals surface area contributed by atoms with Crippen LogP contribution in [0.4, 0.5) is 5.69 Å². The summed E-state index contributed by atoms with van der Waals surface area (Å²) < 4.78 is 29.5. The minimum atomic E-state index is -3.27. The van der Waals surface area contributed by atoms with Crippen LogP contribution in [0.15, 0.2) is 18.2 Å². The standard InChI is InChI=1S/C11H15ClN2O4S/c1-18-10-4-3-8(7-13-19(2,16)17)5-9(10)14-11(15)6-12/h3-5,13H,6-7H2,1-2H3,(H,14,15). The van der Waals surface area contributed by atoms with E-state index in [-0.39, 0.29) is 18.3 Å². The number of sulfonamides is 1. The van der Waals surface area contributed by atoms with Gasteiger partial charge in [0.05, 0.1) is 19.1 Å². The molecule has 1 aromatic rings. The van der Waals surface area contributed by atoms with Gasteiger partial charge in [-0.25, -0.2) is 13.1 Å². The Balaban J connectivity index is 2.91. The minimum absolute atomic E-state index is 0.132. The lowest BCUT2D eigenvalue weighted by Crippen LogP contribution is -2.21. The maximum atomic E-state index is 11.3. The summed E-state index contributed by atoms with van der Waals surface area (Å²) in [6, 6.07) is 4.97. The number of amides is 1.